The number of nitrogens with zero attached hydrogens (tertiary/aromatic N) is 1. The Morgan fingerprint density at radius 1 is 1.19 bits per heavy atom. The molecule has 5 N–H and O–H groups in total. The van der Waals surface area contributed by atoms with Crippen LogP contribution in [0, 0.1) is 17.0 Å². The van der Waals surface area contributed by atoms with Gasteiger partial charge in [0.2, 0.25) is 5.91 Å². The minimum absolute atomic E-state index is 0.0261. The Balaban J connectivity index is 1.98. The van der Waals surface area contributed by atoms with E-state index in [0.717, 1.165) is 0 Å². The first-order valence-corrected chi connectivity index (χ1v) is 7.92. The predicted molar refractivity (Wildman–Crippen MR) is 97.6 cm³/mol. The molecular formula is C18H16N4O5. The van der Waals surface area contributed by atoms with E-state index in [9.17, 15) is 19.7 Å². The molecule has 0 aliphatic rings. The lowest BCUT2D eigenvalue weighted by Crippen LogP contribution is -2.18. The number of carbonyl (C=O) groups is 2. The Labute approximate surface area is 153 Å². The molecule has 0 saturated carbocycles. The number of primary amides is 2. The van der Waals surface area contributed by atoms with Gasteiger partial charge in [0.15, 0.2) is 0 Å². The number of hydrogen-bond acceptors (Lipinski definition) is 5. The molecule has 1 heterocycles. The number of aryl methyl sites for hydroxylation is 1. The van der Waals surface area contributed by atoms with Crippen molar-refractivity contribution in [2.45, 2.75) is 13.3 Å². The molecule has 9 nitrogen and oxygen atoms in total. The average Bonchev–Trinajstić information content (AvgIpc) is 2.92. The third kappa shape index (κ3) is 3.56. The highest BCUT2D eigenvalue weighted by atomic mass is 16.6. The first-order valence-electron chi connectivity index (χ1n) is 7.92. The maximum Gasteiger partial charge on any atom is 0.269 e. The summed E-state index contributed by atoms with van der Waals surface area (Å²) < 4.78 is 5.79. The summed E-state index contributed by atoms with van der Waals surface area (Å²) in [7, 11) is 0. The Morgan fingerprint density at radius 3 is 2.52 bits per heavy atom. The molecule has 0 spiro atoms. The van der Waals surface area contributed by atoms with Gasteiger partial charge >= 0.3 is 0 Å². The number of nitrogens with one attached hydrogen (secondary N) is 1. The van der Waals surface area contributed by atoms with E-state index in [1.54, 1.807) is 25.1 Å². The minimum Gasteiger partial charge on any atom is -0.457 e. The van der Waals surface area contributed by atoms with E-state index in [4.69, 9.17) is 16.2 Å². The number of aromatic nitrogens is 1. The van der Waals surface area contributed by atoms with Crippen molar-refractivity contribution in [3.8, 4) is 11.5 Å². The third-order valence-electron chi connectivity index (χ3n) is 4.04. The SMILES string of the molecule is Cc1cc([N+](=O)[O-])ccc1Oc1ccc2c(C(N)=O)c(CC(N)=O)[nH]c2c1. The van der Waals surface area contributed by atoms with Gasteiger partial charge in [-0.25, -0.2) is 0 Å². The van der Waals surface area contributed by atoms with Crippen LogP contribution in [0.1, 0.15) is 21.6 Å². The predicted octanol–water partition coefficient (Wildman–Crippen LogP) is 2.30. The van der Waals surface area contributed by atoms with Gasteiger partial charge in [-0.1, -0.05) is 0 Å². The fraction of sp³-hybridized carbons (Fsp3) is 0.111. The quantitative estimate of drug-likeness (QED) is 0.450. The number of carbonyl (C=O) groups excluding carboxylic acids is 2. The highest BCUT2D eigenvalue weighted by Crippen LogP contribution is 2.31. The van der Waals surface area contributed by atoms with Gasteiger partial charge in [-0.2, -0.15) is 0 Å². The summed E-state index contributed by atoms with van der Waals surface area (Å²) >= 11 is 0. The second-order valence-corrected chi connectivity index (χ2v) is 6.00. The van der Waals surface area contributed by atoms with Crippen LogP contribution in [-0.4, -0.2) is 21.7 Å². The first-order chi connectivity index (χ1) is 12.8. The lowest BCUT2D eigenvalue weighted by Gasteiger charge is -2.08. The van der Waals surface area contributed by atoms with Crippen LogP contribution in [0.15, 0.2) is 36.4 Å². The molecule has 2 amide bonds. The standard InChI is InChI=1S/C18H16N4O5/c1-9-6-10(22(25)26)2-5-15(9)27-11-3-4-12-13(7-11)21-14(8-16(19)23)17(12)18(20)24/h2-7,21H,8H2,1H3,(H2,19,23)(H2,20,24). The van der Waals surface area contributed by atoms with Gasteiger partial charge in [0.25, 0.3) is 11.6 Å². The molecule has 0 fully saturated rings. The summed E-state index contributed by atoms with van der Waals surface area (Å²) in [6.45, 7) is 1.70. The number of aromatic amines is 1. The Hall–Kier alpha value is -3.88. The van der Waals surface area contributed by atoms with Crippen molar-refractivity contribution in [2.24, 2.45) is 11.5 Å². The molecule has 3 rings (SSSR count). The topological polar surface area (TPSA) is 154 Å². The number of amides is 2. The average molecular weight is 368 g/mol. The number of nitro groups is 1. The summed E-state index contributed by atoms with van der Waals surface area (Å²) in [5.74, 6) is -0.360. The number of nitrogens with two attached hydrogens (primary N) is 2. The van der Waals surface area contributed by atoms with Crippen LogP contribution in [0.3, 0.4) is 0 Å². The maximum atomic E-state index is 11.7. The third-order valence-corrected chi connectivity index (χ3v) is 4.04. The number of benzene rings is 2. The number of ether oxygens (including phenoxy) is 1. The summed E-state index contributed by atoms with van der Waals surface area (Å²) in [6, 6.07) is 9.21. The summed E-state index contributed by atoms with van der Waals surface area (Å²) in [5.41, 5.74) is 12.3. The summed E-state index contributed by atoms with van der Waals surface area (Å²) in [6.07, 6.45) is -0.148. The van der Waals surface area contributed by atoms with Gasteiger partial charge in [0, 0.05) is 29.3 Å². The number of fused-ring (bicyclic) bond motifs is 1. The lowest BCUT2D eigenvalue weighted by molar-refractivity contribution is -0.384. The van der Waals surface area contributed by atoms with Gasteiger partial charge < -0.3 is 21.2 Å². The van der Waals surface area contributed by atoms with E-state index in [-0.39, 0.29) is 17.7 Å². The molecule has 0 unspecified atom stereocenters. The zero-order valence-electron chi connectivity index (χ0n) is 14.3. The molecule has 1 aromatic heterocycles. The van der Waals surface area contributed by atoms with Crippen LogP contribution in [-0.2, 0) is 11.2 Å². The van der Waals surface area contributed by atoms with E-state index in [2.05, 4.69) is 4.98 Å². The van der Waals surface area contributed by atoms with Gasteiger partial charge in [-0.3, -0.25) is 19.7 Å². The van der Waals surface area contributed by atoms with Crippen molar-refractivity contribution in [1.29, 1.82) is 0 Å². The van der Waals surface area contributed by atoms with Crippen LogP contribution < -0.4 is 16.2 Å². The van der Waals surface area contributed by atoms with Crippen molar-refractivity contribution in [3.63, 3.8) is 0 Å². The van der Waals surface area contributed by atoms with Crippen LogP contribution in [0.5, 0.6) is 11.5 Å². The normalized spacial score (nSPS) is 10.7. The Bertz CT molecular complexity index is 1090. The fourth-order valence-corrected chi connectivity index (χ4v) is 2.87. The molecule has 0 aliphatic heterocycles. The van der Waals surface area contributed by atoms with Gasteiger partial charge in [-0.15, -0.1) is 0 Å². The monoisotopic (exact) mass is 368 g/mol. The highest BCUT2D eigenvalue weighted by Gasteiger charge is 2.18. The van der Waals surface area contributed by atoms with Gasteiger partial charge in [0.05, 0.1) is 22.4 Å². The van der Waals surface area contributed by atoms with Gasteiger partial charge in [0.1, 0.15) is 11.5 Å². The van der Waals surface area contributed by atoms with E-state index >= 15 is 0 Å². The Morgan fingerprint density at radius 2 is 1.93 bits per heavy atom. The molecule has 2 aromatic carbocycles. The fourth-order valence-electron chi connectivity index (χ4n) is 2.87. The van der Waals surface area contributed by atoms with E-state index in [1.807, 2.05) is 0 Å². The van der Waals surface area contributed by atoms with Crippen LogP contribution >= 0.6 is 0 Å². The Kier molecular flexibility index (Phi) is 4.51. The molecule has 0 aliphatic carbocycles. The molecule has 3 aromatic rings. The minimum atomic E-state index is -0.669. The molecule has 0 saturated heterocycles. The molecule has 0 radical (unpaired) electrons. The number of H-pyrrole nitrogens is 1. The zero-order chi connectivity index (χ0) is 19.7. The molecule has 0 atom stereocenters. The molecule has 0 bridgehead atoms. The number of nitro benzene ring substituents is 1. The van der Waals surface area contributed by atoms with E-state index < -0.39 is 16.7 Å². The molecule has 27 heavy (non-hydrogen) atoms. The van der Waals surface area contributed by atoms with Crippen LogP contribution in [0.25, 0.3) is 10.9 Å². The molecular weight excluding hydrogens is 352 g/mol. The van der Waals surface area contributed by atoms with Gasteiger partial charge in [-0.05, 0) is 30.7 Å². The van der Waals surface area contributed by atoms with E-state index in [1.165, 1.54) is 18.2 Å². The molecule has 138 valence electrons. The lowest BCUT2D eigenvalue weighted by atomic mass is 10.1. The number of non-ortho nitro benzene ring substituents is 1. The van der Waals surface area contributed by atoms with E-state index in [0.29, 0.717) is 33.7 Å². The van der Waals surface area contributed by atoms with Crippen molar-refractivity contribution < 1.29 is 19.2 Å². The number of rotatable bonds is 6. The zero-order valence-corrected chi connectivity index (χ0v) is 14.3. The van der Waals surface area contributed by atoms with Crippen molar-refractivity contribution in [3.05, 3.63) is 63.3 Å². The first kappa shape index (κ1) is 17.9. The summed E-state index contributed by atoms with van der Waals surface area (Å²) in [5, 5.41) is 11.4. The second kappa shape index (κ2) is 6.79. The summed E-state index contributed by atoms with van der Waals surface area (Å²) in [4.78, 5) is 36.3. The van der Waals surface area contributed by atoms with Crippen molar-refractivity contribution in [1.82, 2.24) is 4.98 Å². The van der Waals surface area contributed by atoms with Crippen LogP contribution in [0.4, 0.5) is 5.69 Å². The van der Waals surface area contributed by atoms with Crippen molar-refractivity contribution in [2.75, 3.05) is 0 Å². The number of hydrogen-bond donors (Lipinski definition) is 3. The largest absolute Gasteiger partial charge is 0.457 e. The second-order valence-electron chi connectivity index (χ2n) is 6.00. The molecule has 9 heteroatoms. The highest BCUT2D eigenvalue weighted by molar-refractivity contribution is 6.08. The van der Waals surface area contributed by atoms with Crippen LogP contribution in [0.2, 0.25) is 0 Å². The smallest absolute Gasteiger partial charge is 0.269 e. The maximum absolute atomic E-state index is 11.7. The van der Waals surface area contributed by atoms with Crippen molar-refractivity contribution >= 4 is 28.4 Å².